The zero-order valence-corrected chi connectivity index (χ0v) is 12.4. The molecule has 5 heteroatoms. The Hall–Kier alpha value is -1.10. The molecular weight excluding hydrogens is 258 g/mol. The third-order valence-corrected chi connectivity index (χ3v) is 5.17. The van der Waals surface area contributed by atoms with Gasteiger partial charge in [-0.1, -0.05) is 20.3 Å². The molecule has 2 rings (SSSR count). The van der Waals surface area contributed by atoms with Crippen molar-refractivity contribution in [3.63, 3.8) is 0 Å². The summed E-state index contributed by atoms with van der Waals surface area (Å²) in [6.07, 6.45) is 5.13. The van der Waals surface area contributed by atoms with Crippen molar-refractivity contribution < 1.29 is 19.4 Å². The standard InChI is InChI=1S/C15H25NO4/c1-3-14(4-2)10-11(6-9-20-14)16-12(17)15(13(18)19)7-5-8-15/h11H,3-10H2,1-2H3,(H,16,17)(H,18,19). The second-order valence-corrected chi connectivity index (χ2v) is 6.14. The van der Waals surface area contributed by atoms with Crippen LogP contribution in [0, 0.1) is 5.41 Å². The Labute approximate surface area is 120 Å². The molecule has 2 aliphatic rings. The average molecular weight is 283 g/mol. The van der Waals surface area contributed by atoms with Gasteiger partial charge in [-0.15, -0.1) is 0 Å². The fourth-order valence-corrected chi connectivity index (χ4v) is 3.29. The minimum atomic E-state index is -1.17. The molecule has 114 valence electrons. The van der Waals surface area contributed by atoms with Crippen molar-refractivity contribution in [3.8, 4) is 0 Å². The van der Waals surface area contributed by atoms with E-state index in [2.05, 4.69) is 19.2 Å². The molecule has 1 heterocycles. The van der Waals surface area contributed by atoms with Crippen LogP contribution in [0.2, 0.25) is 0 Å². The van der Waals surface area contributed by atoms with Crippen LogP contribution in [-0.4, -0.2) is 35.2 Å². The SMILES string of the molecule is CCC1(CC)CC(NC(=O)C2(C(=O)O)CCC2)CCO1. The first-order valence-corrected chi connectivity index (χ1v) is 7.66. The lowest BCUT2D eigenvalue weighted by Gasteiger charge is -2.42. The van der Waals surface area contributed by atoms with Crippen LogP contribution in [-0.2, 0) is 14.3 Å². The monoisotopic (exact) mass is 283 g/mol. The van der Waals surface area contributed by atoms with Gasteiger partial charge < -0.3 is 15.2 Å². The van der Waals surface area contributed by atoms with Gasteiger partial charge >= 0.3 is 5.97 Å². The van der Waals surface area contributed by atoms with Crippen LogP contribution in [0.4, 0.5) is 0 Å². The van der Waals surface area contributed by atoms with E-state index in [9.17, 15) is 14.7 Å². The van der Waals surface area contributed by atoms with Gasteiger partial charge in [-0.05, 0) is 38.5 Å². The maximum Gasteiger partial charge on any atom is 0.319 e. The summed E-state index contributed by atoms with van der Waals surface area (Å²) in [5.74, 6) is -1.28. The lowest BCUT2D eigenvalue weighted by atomic mass is 9.68. The summed E-state index contributed by atoms with van der Waals surface area (Å²) in [6.45, 7) is 4.82. The van der Waals surface area contributed by atoms with E-state index in [0.29, 0.717) is 19.4 Å². The molecular formula is C15H25NO4. The van der Waals surface area contributed by atoms with Gasteiger partial charge in [0.05, 0.1) is 5.60 Å². The molecule has 2 fully saturated rings. The summed E-state index contributed by atoms with van der Waals surface area (Å²) in [7, 11) is 0. The Morgan fingerprint density at radius 2 is 1.95 bits per heavy atom. The van der Waals surface area contributed by atoms with E-state index >= 15 is 0 Å². The molecule has 2 N–H and O–H groups in total. The highest BCUT2D eigenvalue weighted by Gasteiger charge is 2.52. The summed E-state index contributed by atoms with van der Waals surface area (Å²) in [5.41, 5.74) is -1.33. The minimum Gasteiger partial charge on any atom is -0.480 e. The van der Waals surface area contributed by atoms with E-state index in [1.54, 1.807) is 0 Å². The van der Waals surface area contributed by atoms with Crippen LogP contribution in [0.5, 0.6) is 0 Å². The molecule has 1 amide bonds. The first-order chi connectivity index (χ1) is 9.48. The van der Waals surface area contributed by atoms with Crippen molar-refractivity contribution in [2.24, 2.45) is 5.41 Å². The largest absolute Gasteiger partial charge is 0.480 e. The number of rotatable bonds is 5. The first kappa shape index (κ1) is 15.3. The van der Waals surface area contributed by atoms with E-state index in [4.69, 9.17) is 4.74 Å². The van der Waals surface area contributed by atoms with Crippen molar-refractivity contribution in [1.82, 2.24) is 5.32 Å². The van der Waals surface area contributed by atoms with Crippen LogP contribution in [0.25, 0.3) is 0 Å². The van der Waals surface area contributed by atoms with E-state index in [0.717, 1.165) is 32.1 Å². The number of amides is 1. The molecule has 0 aromatic heterocycles. The van der Waals surface area contributed by atoms with Gasteiger partial charge in [0.25, 0.3) is 0 Å². The Balaban J connectivity index is 1.99. The zero-order valence-electron chi connectivity index (χ0n) is 12.4. The van der Waals surface area contributed by atoms with Gasteiger partial charge in [0, 0.05) is 12.6 Å². The van der Waals surface area contributed by atoms with Crippen molar-refractivity contribution in [2.75, 3.05) is 6.61 Å². The van der Waals surface area contributed by atoms with Gasteiger partial charge in [0.15, 0.2) is 0 Å². The molecule has 0 radical (unpaired) electrons. The number of carboxylic acids is 1. The summed E-state index contributed by atoms with van der Waals surface area (Å²) < 4.78 is 5.88. The molecule has 1 aliphatic carbocycles. The lowest BCUT2D eigenvalue weighted by Crippen LogP contribution is -2.56. The van der Waals surface area contributed by atoms with Gasteiger partial charge in [-0.2, -0.15) is 0 Å². The summed E-state index contributed by atoms with van der Waals surface area (Å²) in [6, 6.07) is 0.0352. The smallest absolute Gasteiger partial charge is 0.319 e. The quantitative estimate of drug-likeness (QED) is 0.758. The fraction of sp³-hybridized carbons (Fsp3) is 0.867. The normalized spacial score (nSPS) is 27.4. The first-order valence-electron chi connectivity index (χ1n) is 7.66. The van der Waals surface area contributed by atoms with E-state index in [1.165, 1.54) is 0 Å². The van der Waals surface area contributed by atoms with Crippen LogP contribution >= 0.6 is 0 Å². The summed E-state index contributed by atoms with van der Waals surface area (Å²) in [4.78, 5) is 23.7. The van der Waals surface area contributed by atoms with Crippen molar-refractivity contribution in [1.29, 1.82) is 0 Å². The maximum atomic E-state index is 12.3. The molecule has 1 unspecified atom stereocenters. The van der Waals surface area contributed by atoms with Crippen LogP contribution < -0.4 is 5.32 Å². The van der Waals surface area contributed by atoms with Crippen LogP contribution in [0.15, 0.2) is 0 Å². The van der Waals surface area contributed by atoms with E-state index in [1.807, 2.05) is 0 Å². The molecule has 0 aromatic rings. The van der Waals surface area contributed by atoms with Crippen LogP contribution in [0.1, 0.15) is 58.8 Å². The number of carbonyl (C=O) groups excluding carboxylic acids is 1. The van der Waals surface area contributed by atoms with Crippen molar-refractivity contribution in [2.45, 2.75) is 70.4 Å². The molecule has 0 spiro atoms. The highest BCUT2D eigenvalue weighted by Crippen LogP contribution is 2.42. The number of ether oxygens (including phenoxy) is 1. The zero-order chi connectivity index (χ0) is 14.8. The topological polar surface area (TPSA) is 75.6 Å². The van der Waals surface area contributed by atoms with Crippen molar-refractivity contribution in [3.05, 3.63) is 0 Å². The van der Waals surface area contributed by atoms with E-state index < -0.39 is 11.4 Å². The predicted molar refractivity (Wildman–Crippen MR) is 74.3 cm³/mol. The lowest BCUT2D eigenvalue weighted by molar-refractivity contribution is -0.163. The Morgan fingerprint density at radius 3 is 2.40 bits per heavy atom. The number of hydrogen-bond donors (Lipinski definition) is 2. The number of aliphatic carboxylic acids is 1. The highest BCUT2D eigenvalue weighted by atomic mass is 16.5. The molecule has 5 nitrogen and oxygen atoms in total. The second kappa shape index (κ2) is 5.72. The Morgan fingerprint density at radius 1 is 1.30 bits per heavy atom. The molecule has 1 saturated carbocycles. The summed E-state index contributed by atoms with van der Waals surface area (Å²) in [5, 5.41) is 12.3. The Bertz CT molecular complexity index is 385. The molecule has 0 bridgehead atoms. The molecule has 1 saturated heterocycles. The summed E-state index contributed by atoms with van der Waals surface area (Å²) >= 11 is 0. The van der Waals surface area contributed by atoms with Gasteiger partial charge in [0.1, 0.15) is 5.41 Å². The Kier molecular flexibility index (Phi) is 4.37. The number of hydrogen-bond acceptors (Lipinski definition) is 3. The molecule has 20 heavy (non-hydrogen) atoms. The van der Waals surface area contributed by atoms with E-state index in [-0.39, 0.29) is 17.6 Å². The van der Waals surface area contributed by atoms with Gasteiger partial charge in [-0.25, -0.2) is 0 Å². The van der Waals surface area contributed by atoms with Crippen molar-refractivity contribution >= 4 is 11.9 Å². The molecule has 1 atom stereocenters. The number of carboxylic acid groups (broad SMARTS) is 1. The second-order valence-electron chi connectivity index (χ2n) is 6.14. The minimum absolute atomic E-state index is 0.0352. The van der Waals surface area contributed by atoms with Crippen LogP contribution in [0.3, 0.4) is 0 Å². The average Bonchev–Trinajstić information content (AvgIpc) is 2.37. The van der Waals surface area contributed by atoms with Gasteiger partial charge in [-0.3, -0.25) is 9.59 Å². The highest BCUT2D eigenvalue weighted by molar-refractivity contribution is 6.02. The third kappa shape index (κ3) is 2.55. The number of nitrogens with one attached hydrogen (secondary N) is 1. The number of carbonyl (C=O) groups is 2. The third-order valence-electron chi connectivity index (χ3n) is 5.17. The molecule has 0 aromatic carbocycles. The fourth-order valence-electron chi connectivity index (χ4n) is 3.29. The maximum absolute atomic E-state index is 12.3. The predicted octanol–water partition coefficient (Wildman–Crippen LogP) is 2.10. The van der Waals surface area contributed by atoms with Gasteiger partial charge in [0.2, 0.25) is 5.91 Å². The molecule has 1 aliphatic heterocycles.